The third-order valence-corrected chi connectivity index (χ3v) is 4.77. The van der Waals surface area contributed by atoms with Crippen LogP contribution in [0, 0.1) is 0 Å². The van der Waals surface area contributed by atoms with Crippen LogP contribution in [0.15, 0.2) is 60.9 Å². The maximum Gasteiger partial charge on any atom is 0.338 e. The molecule has 0 fully saturated rings. The number of unbranched alkanes of at least 4 members (excludes halogenated alkanes) is 2. The molecule has 1 N–H and O–H groups in total. The smallest absolute Gasteiger partial charge is 0.338 e. The van der Waals surface area contributed by atoms with E-state index in [1.165, 1.54) is 0 Å². The number of esters is 1. The summed E-state index contributed by atoms with van der Waals surface area (Å²) in [5.41, 5.74) is 2.75. The normalized spacial score (nSPS) is 11.8. The molecule has 29 heavy (non-hydrogen) atoms. The first kappa shape index (κ1) is 20.5. The van der Waals surface area contributed by atoms with Crippen molar-refractivity contribution in [1.82, 2.24) is 9.97 Å². The Morgan fingerprint density at radius 3 is 2.34 bits per heavy atom. The molecule has 1 unspecified atom stereocenters. The lowest BCUT2D eigenvalue weighted by Gasteiger charge is -2.13. The predicted molar refractivity (Wildman–Crippen MR) is 114 cm³/mol. The second kappa shape index (κ2) is 9.82. The van der Waals surface area contributed by atoms with Crippen LogP contribution in [0.3, 0.4) is 0 Å². The highest BCUT2D eigenvalue weighted by atomic mass is 16.5. The third kappa shape index (κ3) is 5.41. The second-order valence-electron chi connectivity index (χ2n) is 7.10. The van der Waals surface area contributed by atoms with Crippen LogP contribution in [0.4, 0.5) is 0 Å². The number of para-hydroxylation sites is 1. The summed E-state index contributed by atoms with van der Waals surface area (Å²) in [6.45, 7) is 4.09. The van der Waals surface area contributed by atoms with Crippen molar-refractivity contribution < 1.29 is 14.6 Å². The quantitative estimate of drug-likeness (QED) is 0.398. The van der Waals surface area contributed by atoms with Crippen LogP contribution in [0.5, 0.6) is 5.75 Å². The number of aromatic hydroxyl groups is 1. The topological polar surface area (TPSA) is 72.3 Å². The summed E-state index contributed by atoms with van der Waals surface area (Å²) in [6.07, 6.45) is 7.53. The fraction of sp³-hybridized carbons (Fsp3) is 0.292. The lowest BCUT2D eigenvalue weighted by Crippen LogP contribution is -2.15. The molecule has 2 aromatic carbocycles. The van der Waals surface area contributed by atoms with Gasteiger partial charge in [-0.25, -0.2) is 14.8 Å². The lowest BCUT2D eigenvalue weighted by atomic mass is 10.1. The molecule has 5 heteroatoms. The lowest BCUT2D eigenvalue weighted by molar-refractivity contribution is 0.0319. The molecule has 0 saturated heterocycles. The molecule has 0 saturated carbocycles. The van der Waals surface area contributed by atoms with E-state index in [4.69, 9.17) is 4.74 Å². The number of aromatic nitrogens is 2. The van der Waals surface area contributed by atoms with Gasteiger partial charge >= 0.3 is 5.97 Å². The Balaban J connectivity index is 1.65. The summed E-state index contributed by atoms with van der Waals surface area (Å²) in [5.74, 6) is 0.434. The summed E-state index contributed by atoms with van der Waals surface area (Å²) in [4.78, 5) is 21.1. The molecule has 0 radical (unpaired) electrons. The first-order valence-corrected chi connectivity index (χ1v) is 10.00. The zero-order valence-electron chi connectivity index (χ0n) is 16.8. The highest BCUT2D eigenvalue weighted by Crippen LogP contribution is 2.28. The van der Waals surface area contributed by atoms with E-state index < -0.39 is 0 Å². The van der Waals surface area contributed by atoms with Crippen molar-refractivity contribution in [2.45, 2.75) is 45.6 Å². The molecular formula is C24H26N2O3. The molecule has 0 bridgehead atoms. The monoisotopic (exact) mass is 390 g/mol. The van der Waals surface area contributed by atoms with E-state index in [9.17, 15) is 9.90 Å². The van der Waals surface area contributed by atoms with Crippen molar-refractivity contribution in [1.29, 1.82) is 0 Å². The number of phenols is 1. The minimum Gasteiger partial charge on any atom is -0.507 e. The highest BCUT2D eigenvalue weighted by molar-refractivity contribution is 5.90. The molecule has 1 aromatic heterocycles. The summed E-state index contributed by atoms with van der Waals surface area (Å²) >= 11 is 0. The van der Waals surface area contributed by atoms with E-state index in [2.05, 4.69) is 16.9 Å². The predicted octanol–water partition coefficient (Wildman–Crippen LogP) is 5.64. The molecule has 1 atom stereocenters. The van der Waals surface area contributed by atoms with Crippen LogP contribution in [0.2, 0.25) is 0 Å². The van der Waals surface area contributed by atoms with Gasteiger partial charge in [-0.2, -0.15) is 0 Å². The molecule has 0 aliphatic carbocycles. The minimum absolute atomic E-state index is 0.0843. The maximum absolute atomic E-state index is 12.3. The van der Waals surface area contributed by atoms with Gasteiger partial charge in [0.05, 0.1) is 11.7 Å². The fourth-order valence-electron chi connectivity index (χ4n) is 3.08. The largest absolute Gasteiger partial charge is 0.507 e. The van der Waals surface area contributed by atoms with E-state index in [1.807, 2.05) is 31.2 Å². The van der Waals surface area contributed by atoms with Crippen molar-refractivity contribution in [3.63, 3.8) is 0 Å². The first-order valence-electron chi connectivity index (χ1n) is 10.00. The Labute approximate surface area is 171 Å². The van der Waals surface area contributed by atoms with Crippen LogP contribution in [0.25, 0.3) is 22.5 Å². The Bertz CT molecular complexity index is 937. The Morgan fingerprint density at radius 1 is 1.00 bits per heavy atom. The molecule has 1 heterocycles. The third-order valence-electron chi connectivity index (χ3n) is 4.77. The second-order valence-corrected chi connectivity index (χ2v) is 7.10. The number of hydrogen-bond acceptors (Lipinski definition) is 5. The fourth-order valence-corrected chi connectivity index (χ4v) is 3.08. The minimum atomic E-state index is -0.309. The average Bonchev–Trinajstić information content (AvgIpc) is 2.74. The van der Waals surface area contributed by atoms with Gasteiger partial charge in [0, 0.05) is 29.1 Å². The summed E-state index contributed by atoms with van der Waals surface area (Å²) in [6, 6.07) is 14.2. The molecular weight excluding hydrogens is 364 g/mol. The number of ether oxygens (including phenoxy) is 1. The van der Waals surface area contributed by atoms with Gasteiger partial charge in [-0.15, -0.1) is 0 Å². The summed E-state index contributed by atoms with van der Waals surface area (Å²) < 4.78 is 5.51. The van der Waals surface area contributed by atoms with Crippen LogP contribution < -0.4 is 0 Å². The number of nitrogens with zero attached hydrogens (tertiary/aromatic N) is 2. The van der Waals surface area contributed by atoms with Crippen molar-refractivity contribution in [3.05, 3.63) is 66.5 Å². The Morgan fingerprint density at radius 2 is 1.69 bits per heavy atom. The highest BCUT2D eigenvalue weighted by Gasteiger charge is 2.13. The number of hydrogen-bond donors (Lipinski definition) is 1. The van der Waals surface area contributed by atoms with Gasteiger partial charge in [0.2, 0.25) is 0 Å². The average molecular weight is 390 g/mol. The van der Waals surface area contributed by atoms with Crippen LogP contribution in [0.1, 0.15) is 49.9 Å². The number of phenolic OH excluding ortho intramolecular Hbond substituents is 1. The Kier molecular flexibility index (Phi) is 6.95. The number of rotatable bonds is 8. The van der Waals surface area contributed by atoms with Gasteiger partial charge in [-0.3, -0.25) is 0 Å². The van der Waals surface area contributed by atoms with Gasteiger partial charge in [-0.1, -0.05) is 50.1 Å². The van der Waals surface area contributed by atoms with Crippen LogP contribution in [-0.2, 0) is 4.74 Å². The molecule has 5 nitrogen and oxygen atoms in total. The van der Waals surface area contributed by atoms with E-state index in [1.54, 1.807) is 36.7 Å². The summed E-state index contributed by atoms with van der Waals surface area (Å²) in [5, 5.41) is 9.96. The maximum atomic E-state index is 12.3. The zero-order chi connectivity index (χ0) is 20.6. The molecule has 0 aliphatic rings. The van der Waals surface area contributed by atoms with E-state index in [-0.39, 0.29) is 17.8 Å². The number of benzene rings is 2. The van der Waals surface area contributed by atoms with Gasteiger partial charge in [-0.05, 0) is 38.0 Å². The van der Waals surface area contributed by atoms with Crippen LogP contribution >= 0.6 is 0 Å². The number of carbonyl (C=O) groups excluding carboxylic acids is 1. The van der Waals surface area contributed by atoms with Gasteiger partial charge < -0.3 is 9.84 Å². The summed E-state index contributed by atoms with van der Waals surface area (Å²) in [7, 11) is 0. The van der Waals surface area contributed by atoms with E-state index >= 15 is 0 Å². The van der Waals surface area contributed by atoms with Crippen LogP contribution in [-0.4, -0.2) is 27.1 Å². The Hall–Kier alpha value is -3.21. The van der Waals surface area contributed by atoms with Crippen molar-refractivity contribution in [3.8, 4) is 28.3 Å². The SMILES string of the molecule is CCCCCC(C)OC(=O)c1ccc(-c2ncc(-c3ccccc3O)cn2)cc1. The van der Waals surface area contributed by atoms with Gasteiger partial charge in [0.15, 0.2) is 5.82 Å². The van der Waals surface area contributed by atoms with E-state index in [0.717, 1.165) is 36.8 Å². The molecule has 3 aromatic rings. The first-order chi connectivity index (χ1) is 14.1. The standard InChI is InChI=1S/C24H26N2O3/c1-3-4-5-8-17(2)29-24(28)19-13-11-18(12-14-19)23-25-15-20(16-26-23)21-9-6-7-10-22(21)27/h6-7,9-17,27H,3-5,8H2,1-2H3. The molecule has 3 rings (SSSR count). The molecule has 0 spiro atoms. The van der Waals surface area contributed by atoms with Crippen molar-refractivity contribution >= 4 is 5.97 Å². The molecule has 0 aliphatic heterocycles. The van der Waals surface area contributed by atoms with Gasteiger partial charge in [0.1, 0.15) is 5.75 Å². The molecule has 150 valence electrons. The van der Waals surface area contributed by atoms with Gasteiger partial charge in [0.25, 0.3) is 0 Å². The zero-order valence-corrected chi connectivity index (χ0v) is 16.8. The van der Waals surface area contributed by atoms with E-state index in [0.29, 0.717) is 17.0 Å². The molecule has 0 amide bonds. The van der Waals surface area contributed by atoms with Crippen molar-refractivity contribution in [2.24, 2.45) is 0 Å². The number of carbonyl (C=O) groups is 1. The van der Waals surface area contributed by atoms with Crippen molar-refractivity contribution in [2.75, 3.05) is 0 Å².